The molecule has 106 valence electrons. The average Bonchev–Trinajstić information content (AvgIpc) is 3.02. The van der Waals surface area contributed by atoms with Gasteiger partial charge in [-0.25, -0.2) is 8.42 Å². The zero-order valence-electron chi connectivity index (χ0n) is 11.2. The summed E-state index contributed by atoms with van der Waals surface area (Å²) in [6.45, 7) is 0.285. The summed E-state index contributed by atoms with van der Waals surface area (Å²) in [6, 6.07) is 9.07. The fourth-order valence-electron chi connectivity index (χ4n) is 2.56. The van der Waals surface area contributed by atoms with Gasteiger partial charge < -0.3 is 9.67 Å². The van der Waals surface area contributed by atoms with Crippen LogP contribution in [0.4, 0.5) is 5.69 Å². The summed E-state index contributed by atoms with van der Waals surface area (Å²) in [6.07, 6.45) is 2.27. The van der Waals surface area contributed by atoms with Crippen molar-refractivity contribution in [2.75, 3.05) is 10.8 Å². The highest BCUT2D eigenvalue weighted by Crippen LogP contribution is 2.32. The second-order valence-corrected chi connectivity index (χ2v) is 6.75. The van der Waals surface area contributed by atoms with Crippen LogP contribution >= 0.6 is 0 Å². The molecule has 0 bridgehead atoms. The van der Waals surface area contributed by atoms with Gasteiger partial charge in [0.05, 0.1) is 12.3 Å². The molecule has 0 unspecified atom stereocenters. The van der Waals surface area contributed by atoms with E-state index < -0.39 is 10.0 Å². The number of sulfonamides is 1. The number of anilines is 1. The van der Waals surface area contributed by atoms with Gasteiger partial charge in [0.1, 0.15) is 4.90 Å². The van der Waals surface area contributed by atoms with E-state index in [4.69, 9.17) is 0 Å². The van der Waals surface area contributed by atoms with E-state index in [2.05, 4.69) is 0 Å². The van der Waals surface area contributed by atoms with Crippen molar-refractivity contribution in [3.63, 3.8) is 0 Å². The summed E-state index contributed by atoms with van der Waals surface area (Å²) >= 11 is 0. The number of hydrogen-bond donors (Lipinski definition) is 1. The predicted molar refractivity (Wildman–Crippen MR) is 76.0 cm³/mol. The molecule has 2 aromatic rings. The molecule has 1 aromatic heterocycles. The third-order valence-electron chi connectivity index (χ3n) is 3.68. The van der Waals surface area contributed by atoms with Gasteiger partial charge in [0.2, 0.25) is 0 Å². The molecular weight excluding hydrogens is 276 g/mol. The van der Waals surface area contributed by atoms with Gasteiger partial charge in [-0.2, -0.15) is 0 Å². The number of para-hydroxylation sites is 1. The summed E-state index contributed by atoms with van der Waals surface area (Å²) in [4.78, 5) is 0.223. The van der Waals surface area contributed by atoms with Crippen LogP contribution in [-0.4, -0.2) is 24.6 Å². The van der Waals surface area contributed by atoms with E-state index in [-0.39, 0.29) is 11.5 Å². The first-order chi connectivity index (χ1) is 9.54. The lowest BCUT2D eigenvalue weighted by Crippen LogP contribution is -2.28. The molecule has 0 saturated heterocycles. The van der Waals surface area contributed by atoms with Crippen LogP contribution in [0.1, 0.15) is 11.3 Å². The fraction of sp³-hybridized carbons (Fsp3) is 0.286. The number of aryl methyl sites for hydroxylation is 1. The Morgan fingerprint density at radius 3 is 2.75 bits per heavy atom. The molecule has 1 N–H and O–H groups in total. The highest BCUT2D eigenvalue weighted by molar-refractivity contribution is 7.92. The van der Waals surface area contributed by atoms with Crippen molar-refractivity contribution in [3.05, 3.63) is 47.8 Å². The summed E-state index contributed by atoms with van der Waals surface area (Å²) in [7, 11) is -1.84. The van der Waals surface area contributed by atoms with Crippen molar-refractivity contribution >= 4 is 15.7 Å². The molecule has 20 heavy (non-hydrogen) atoms. The van der Waals surface area contributed by atoms with E-state index in [1.807, 2.05) is 24.3 Å². The third-order valence-corrected chi connectivity index (χ3v) is 5.46. The Labute approximate surface area is 118 Å². The van der Waals surface area contributed by atoms with Gasteiger partial charge in [-0.3, -0.25) is 4.31 Å². The smallest absolute Gasteiger partial charge is 0.265 e. The van der Waals surface area contributed by atoms with Gasteiger partial charge in [0.15, 0.2) is 0 Å². The second kappa shape index (κ2) is 4.64. The van der Waals surface area contributed by atoms with Crippen LogP contribution in [0, 0.1) is 0 Å². The average molecular weight is 292 g/mol. The molecule has 0 atom stereocenters. The van der Waals surface area contributed by atoms with Gasteiger partial charge in [-0.1, -0.05) is 18.2 Å². The zero-order chi connectivity index (χ0) is 14.3. The number of aromatic nitrogens is 1. The Bertz CT molecular complexity index is 750. The first-order valence-electron chi connectivity index (χ1n) is 6.41. The van der Waals surface area contributed by atoms with Crippen LogP contribution in [0.15, 0.2) is 41.4 Å². The van der Waals surface area contributed by atoms with E-state index in [1.165, 1.54) is 10.4 Å². The normalized spacial score (nSPS) is 14.6. The molecule has 1 aromatic carbocycles. The Morgan fingerprint density at radius 1 is 1.30 bits per heavy atom. The molecule has 0 fully saturated rings. The minimum Gasteiger partial charge on any atom is -0.390 e. The molecule has 0 saturated carbocycles. The number of aliphatic hydroxyl groups excluding tert-OH is 1. The molecule has 1 aliphatic rings. The maximum Gasteiger partial charge on any atom is 0.265 e. The quantitative estimate of drug-likeness (QED) is 0.926. The molecule has 0 amide bonds. The van der Waals surface area contributed by atoms with E-state index in [0.717, 1.165) is 17.7 Å². The molecule has 6 heteroatoms. The van der Waals surface area contributed by atoms with Gasteiger partial charge >= 0.3 is 0 Å². The van der Waals surface area contributed by atoms with Crippen LogP contribution in [0.5, 0.6) is 0 Å². The molecule has 3 rings (SSSR count). The van der Waals surface area contributed by atoms with Crippen molar-refractivity contribution < 1.29 is 13.5 Å². The number of aliphatic hydroxyl groups is 1. The van der Waals surface area contributed by atoms with Crippen molar-refractivity contribution in [3.8, 4) is 0 Å². The lowest BCUT2D eigenvalue weighted by Gasteiger charge is -2.18. The number of nitrogens with zero attached hydrogens (tertiary/aromatic N) is 2. The van der Waals surface area contributed by atoms with E-state index in [9.17, 15) is 13.5 Å². The Morgan fingerprint density at radius 2 is 2.05 bits per heavy atom. The van der Waals surface area contributed by atoms with Crippen molar-refractivity contribution in [2.45, 2.75) is 17.9 Å². The number of benzene rings is 1. The molecule has 1 aliphatic heterocycles. The minimum absolute atomic E-state index is 0.178. The topological polar surface area (TPSA) is 62.5 Å². The summed E-state index contributed by atoms with van der Waals surface area (Å²) < 4.78 is 28.5. The highest BCUT2D eigenvalue weighted by atomic mass is 32.2. The number of hydrogen-bond acceptors (Lipinski definition) is 3. The number of rotatable bonds is 3. The van der Waals surface area contributed by atoms with E-state index in [0.29, 0.717) is 12.2 Å². The van der Waals surface area contributed by atoms with Crippen LogP contribution in [0.25, 0.3) is 0 Å². The van der Waals surface area contributed by atoms with Crippen molar-refractivity contribution in [2.24, 2.45) is 7.05 Å². The Kier molecular flexibility index (Phi) is 3.07. The first-order valence-corrected chi connectivity index (χ1v) is 7.85. The van der Waals surface area contributed by atoms with E-state index >= 15 is 0 Å². The lowest BCUT2D eigenvalue weighted by molar-refractivity contribution is 0.272. The Balaban J connectivity index is 2.05. The van der Waals surface area contributed by atoms with Crippen molar-refractivity contribution in [1.82, 2.24) is 4.57 Å². The van der Waals surface area contributed by atoms with Crippen LogP contribution in [-0.2, 0) is 30.1 Å². The largest absolute Gasteiger partial charge is 0.390 e. The van der Waals surface area contributed by atoms with Crippen LogP contribution < -0.4 is 4.31 Å². The predicted octanol–water partition coefficient (Wildman–Crippen LogP) is 1.27. The van der Waals surface area contributed by atoms with Crippen LogP contribution in [0.2, 0.25) is 0 Å². The van der Waals surface area contributed by atoms with Crippen LogP contribution in [0.3, 0.4) is 0 Å². The third kappa shape index (κ3) is 1.92. The highest BCUT2D eigenvalue weighted by Gasteiger charge is 2.31. The minimum atomic E-state index is -3.56. The van der Waals surface area contributed by atoms with Gasteiger partial charge in [0, 0.05) is 25.5 Å². The van der Waals surface area contributed by atoms with Gasteiger partial charge in [0.25, 0.3) is 10.0 Å². The Hall–Kier alpha value is -1.79. The van der Waals surface area contributed by atoms with Gasteiger partial charge in [-0.15, -0.1) is 0 Å². The van der Waals surface area contributed by atoms with Crippen molar-refractivity contribution in [1.29, 1.82) is 0 Å². The number of fused-ring (bicyclic) bond motifs is 1. The summed E-state index contributed by atoms with van der Waals surface area (Å²) in [5.41, 5.74) is 2.38. The molecule has 2 heterocycles. The maximum atomic E-state index is 12.7. The zero-order valence-corrected chi connectivity index (χ0v) is 12.0. The lowest BCUT2D eigenvalue weighted by atomic mass is 10.2. The summed E-state index contributed by atoms with van der Waals surface area (Å²) in [5.74, 6) is 0. The van der Waals surface area contributed by atoms with Gasteiger partial charge in [-0.05, 0) is 24.1 Å². The van der Waals surface area contributed by atoms with E-state index in [1.54, 1.807) is 17.8 Å². The fourth-order valence-corrected chi connectivity index (χ4v) is 4.16. The molecule has 5 nitrogen and oxygen atoms in total. The standard InChI is InChI=1S/C14H16N2O3S/c1-15-9-13(8-12(15)10-17)20(18,19)16-7-6-11-4-2-3-5-14(11)16/h2-5,8-9,17H,6-7,10H2,1H3. The summed E-state index contributed by atoms with van der Waals surface area (Å²) in [5, 5.41) is 9.19. The SMILES string of the molecule is Cn1cc(S(=O)(=O)N2CCc3ccccc32)cc1CO. The monoisotopic (exact) mass is 292 g/mol. The molecule has 0 aliphatic carbocycles. The maximum absolute atomic E-state index is 12.7. The molecule has 0 spiro atoms. The molecule has 0 radical (unpaired) electrons. The first kappa shape index (κ1) is 13.2. The molecular formula is C14H16N2O3S. The second-order valence-electron chi connectivity index (χ2n) is 4.89.